The van der Waals surface area contributed by atoms with Crippen molar-refractivity contribution in [2.24, 2.45) is 0 Å². The Bertz CT molecular complexity index is 783. The normalized spacial score (nSPS) is 15.0. The third kappa shape index (κ3) is 5.98. The Morgan fingerprint density at radius 1 is 1.11 bits per heavy atom. The van der Waals surface area contributed by atoms with Gasteiger partial charge in [-0.25, -0.2) is 0 Å². The summed E-state index contributed by atoms with van der Waals surface area (Å²) < 4.78 is 5.52. The second-order valence-electron chi connectivity index (χ2n) is 7.32. The summed E-state index contributed by atoms with van der Waals surface area (Å²) in [5, 5.41) is 8.39. The zero-order valence-corrected chi connectivity index (χ0v) is 17.6. The number of ether oxygens (including phenoxy) is 1. The number of halogens is 1. The molecule has 3 rings (SSSR count). The van der Waals surface area contributed by atoms with Crippen LogP contribution in [0, 0.1) is 0 Å². The summed E-state index contributed by atoms with van der Waals surface area (Å²) >= 11 is 11.6. The summed E-state index contributed by atoms with van der Waals surface area (Å²) in [6, 6.07) is 15.9. The van der Waals surface area contributed by atoms with E-state index in [1.165, 1.54) is 18.4 Å². The molecule has 2 aromatic rings. The summed E-state index contributed by atoms with van der Waals surface area (Å²) in [4.78, 5) is 0. The molecule has 1 aliphatic rings. The van der Waals surface area contributed by atoms with Gasteiger partial charge < -0.3 is 15.4 Å². The average Bonchev–Trinajstić information content (AvgIpc) is 3.15. The first-order valence-electron chi connectivity index (χ1n) is 9.76. The number of anilines is 1. The van der Waals surface area contributed by atoms with Crippen LogP contribution in [-0.4, -0.2) is 17.3 Å². The van der Waals surface area contributed by atoms with E-state index in [4.69, 9.17) is 28.6 Å². The van der Waals surface area contributed by atoms with Gasteiger partial charge in [0.05, 0.1) is 0 Å². The van der Waals surface area contributed by atoms with E-state index in [1.807, 2.05) is 36.4 Å². The van der Waals surface area contributed by atoms with Gasteiger partial charge >= 0.3 is 0 Å². The van der Waals surface area contributed by atoms with Crippen molar-refractivity contribution >= 4 is 34.6 Å². The van der Waals surface area contributed by atoms with E-state index in [0.29, 0.717) is 11.7 Å². The van der Waals surface area contributed by atoms with Gasteiger partial charge in [0.2, 0.25) is 0 Å². The molecule has 1 saturated carbocycles. The molecule has 3 nitrogen and oxygen atoms in total. The molecule has 0 radical (unpaired) electrons. The predicted octanol–water partition coefficient (Wildman–Crippen LogP) is 6.14. The van der Waals surface area contributed by atoms with Gasteiger partial charge in [-0.1, -0.05) is 49.2 Å². The van der Waals surface area contributed by atoms with Crippen molar-refractivity contribution < 1.29 is 4.74 Å². The second-order valence-corrected chi connectivity index (χ2v) is 8.16. The van der Waals surface area contributed by atoms with Gasteiger partial charge in [0.1, 0.15) is 12.4 Å². The van der Waals surface area contributed by atoms with Crippen molar-refractivity contribution in [1.82, 2.24) is 5.32 Å². The molecule has 0 bridgehead atoms. The quantitative estimate of drug-likeness (QED) is 0.401. The summed E-state index contributed by atoms with van der Waals surface area (Å²) in [6.07, 6.45) is 8.59. The smallest absolute Gasteiger partial charge is 0.171 e. The summed E-state index contributed by atoms with van der Waals surface area (Å²) in [5.74, 6) is 0.819. The maximum absolute atomic E-state index is 6.00. The lowest BCUT2D eigenvalue weighted by Crippen LogP contribution is -2.48. The number of thiocarbonyl (C=S) groups is 1. The molecule has 28 heavy (non-hydrogen) atoms. The highest BCUT2D eigenvalue weighted by molar-refractivity contribution is 7.80. The zero-order valence-electron chi connectivity index (χ0n) is 16.0. The van der Waals surface area contributed by atoms with Gasteiger partial charge in [-0.2, -0.15) is 0 Å². The van der Waals surface area contributed by atoms with Crippen LogP contribution in [0.15, 0.2) is 61.2 Å². The molecule has 5 heteroatoms. The van der Waals surface area contributed by atoms with Crippen molar-refractivity contribution in [2.75, 3.05) is 11.9 Å². The van der Waals surface area contributed by atoms with E-state index in [2.05, 4.69) is 29.3 Å². The minimum atomic E-state index is 0.0662. The topological polar surface area (TPSA) is 33.3 Å². The molecule has 1 fully saturated rings. The maximum Gasteiger partial charge on any atom is 0.171 e. The van der Waals surface area contributed by atoms with Crippen LogP contribution in [0.2, 0.25) is 5.02 Å². The Hall–Kier alpha value is -2.04. The van der Waals surface area contributed by atoms with Gasteiger partial charge in [0, 0.05) is 16.2 Å². The molecule has 2 N–H and O–H groups in total. The monoisotopic (exact) mass is 414 g/mol. The van der Waals surface area contributed by atoms with Gasteiger partial charge in [-0.15, -0.1) is 0 Å². The fraction of sp³-hybridized carbons (Fsp3) is 0.348. The zero-order chi connectivity index (χ0) is 19.8. The third-order valence-electron chi connectivity index (χ3n) is 5.22. The number of rotatable bonds is 8. The SMILES string of the molecule is C=CCOc1ccc(NC(=S)NC2(CCc3ccc(Cl)cc3)CCCC2)cc1. The summed E-state index contributed by atoms with van der Waals surface area (Å²) in [7, 11) is 0. The van der Waals surface area contributed by atoms with E-state index in [-0.39, 0.29) is 5.54 Å². The predicted molar refractivity (Wildman–Crippen MR) is 122 cm³/mol. The fourth-order valence-corrected chi connectivity index (χ4v) is 4.18. The van der Waals surface area contributed by atoms with Crippen LogP contribution in [0.5, 0.6) is 5.75 Å². The molecule has 1 aliphatic carbocycles. The van der Waals surface area contributed by atoms with E-state index < -0.39 is 0 Å². The lowest BCUT2D eigenvalue weighted by Gasteiger charge is -2.32. The molecule has 0 spiro atoms. The Morgan fingerprint density at radius 2 is 1.79 bits per heavy atom. The van der Waals surface area contributed by atoms with Gasteiger partial charge in [0.15, 0.2) is 5.11 Å². The van der Waals surface area contributed by atoms with E-state index >= 15 is 0 Å². The molecular formula is C23H27ClN2OS. The van der Waals surface area contributed by atoms with Gasteiger partial charge in [-0.3, -0.25) is 0 Å². The highest BCUT2D eigenvalue weighted by Gasteiger charge is 2.34. The van der Waals surface area contributed by atoms with E-state index in [0.717, 1.165) is 42.1 Å². The van der Waals surface area contributed by atoms with Gasteiger partial charge in [0.25, 0.3) is 0 Å². The molecule has 0 saturated heterocycles. The van der Waals surface area contributed by atoms with Crippen molar-refractivity contribution in [1.29, 1.82) is 0 Å². The Morgan fingerprint density at radius 3 is 2.43 bits per heavy atom. The Kier molecular flexibility index (Phi) is 7.35. The maximum atomic E-state index is 6.00. The first-order chi connectivity index (χ1) is 13.6. The Balaban J connectivity index is 1.56. The highest BCUT2D eigenvalue weighted by Crippen LogP contribution is 2.34. The number of nitrogens with one attached hydrogen (secondary N) is 2. The van der Waals surface area contributed by atoms with E-state index in [9.17, 15) is 0 Å². The Labute approximate surface area is 178 Å². The van der Waals surface area contributed by atoms with Crippen molar-refractivity contribution in [3.8, 4) is 5.75 Å². The van der Waals surface area contributed by atoms with Crippen LogP contribution >= 0.6 is 23.8 Å². The number of hydrogen-bond donors (Lipinski definition) is 2. The van der Waals surface area contributed by atoms with Crippen LogP contribution in [0.4, 0.5) is 5.69 Å². The highest BCUT2D eigenvalue weighted by atomic mass is 35.5. The van der Waals surface area contributed by atoms with Crippen LogP contribution in [-0.2, 0) is 6.42 Å². The van der Waals surface area contributed by atoms with Crippen LogP contribution in [0.25, 0.3) is 0 Å². The first kappa shape index (κ1) is 20.7. The minimum Gasteiger partial charge on any atom is -0.490 e. The molecule has 0 heterocycles. The van der Waals surface area contributed by atoms with E-state index in [1.54, 1.807) is 6.08 Å². The summed E-state index contributed by atoms with van der Waals surface area (Å²) in [6.45, 7) is 4.16. The summed E-state index contributed by atoms with van der Waals surface area (Å²) in [5.41, 5.74) is 2.33. The average molecular weight is 415 g/mol. The van der Waals surface area contributed by atoms with Crippen molar-refractivity contribution in [3.05, 3.63) is 71.8 Å². The standard InChI is InChI=1S/C23H27ClN2OS/c1-2-17-27-21-11-9-20(10-12-21)25-22(28)26-23(14-3-4-15-23)16-13-18-5-7-19(24)8-6-18/h2,5-12H,1,3-4,13-17H2,(H2,25,26,28). The second kappa shape index (κ2) is 9.94. The molecule has 2 aromatic carbocycles. The molecule has 0 aliphatic heterocycles. The molecule has 0 aromatic heterocycles. The molecule has 0 atom stereocenters. The van der Waals surface area contributed by atoms with Crippen LogP contribution < -0.4 is 15.4 Å². The minimum absolute atomic E-state index is 0.0662. The molecule has 0 amide bonds. The number of aryl methyl sites for hydroxylation is 1. The van der Waals surface area contributed by atoms with Crippen molar-refractivity contribution in [3.63, 3.8) is 0 Å². The third-order valence-corrected chi connectivity index (χ3v) is 5.68. The molecule has 148 valence electrons. The lowest BCUT2D eigenvalue weighted by molar-refractivity contribution is 0.362. The number of benzene rings is 2. The van der Waals surface area contributed by atoms with Crippen LogP contribution in [0.1, 0.15) is 37.7 Å². The van der Waals surface area contributed by atoms with Crippen LogP contribution in [0.3, 0.4) is 0 Å². The molecular weight excluding hydrogens is 388 g/mol. The largest absolute Gasteiger partial charge is 0.490 e. The van der Waals surface area contributed by atoms with Gasteiger partial charge in [-0.05, 0) is 79.9 Å². The van der Waals surface area contributed by atoms with Crippen molar-refractivity contribution in [2.45, 2.75) is 44.1 Å². The first-order valence-corrected chi connectivity index (χ1v) is 10.5. The fourth-order valence-electron chi connectivity index (χ4n) is 3.72. The lowest BCUT2D eigenvalue weighted by atomic mass is 9.89. The molecule has 0 unspecified atom stereocenters. The number of hydrogen-bond acceptors (Lipinski definition) is 2.